The van der Waals surface area contributed by atoms with E-state index in [0.29, 0.717) is 6.42 Å². The van der Waals surface area contributed by atoms with Gasteiger partial charge in [0.2, 0.25) is 0 Å². The standard InChI is InChI=1S/C9H6BrNOS/c10-7-4-9-8(11-5-13-9)3-6(7)1-2-12/h2-5H,1H2. The van der Waals surface area contributed by atoms with Crippen LogP contribution in [-0.2, 0) is 11.2 Å². The molecule has 0 aliphatic heterocycles. The quantitative estimate of drug-likeness (QED) is 0.773. The number of fused-ring (bicyclic) bond motifs is 1. The maximum atomic E-state index is 10.4. The van der Waals surface area contributed by atoms with E-state index in [-0.39, 0.29) is 0 Å². The first kappa shape index (κ1) is 8.84. The van der Waals surface area contributed by atoms with Crippen molar-refractivity contribution in [2.24, 2.45) is 0 Å². The van der Waals surface area contributed by atoms with E-state index >= 15 is 0 Å². The third-order valence-electron chi connectivity index (χ3n) is 1.80. The Kier molecular flexibility index (Phi) is 2.42. The summed E-state index contributed by atoms with van der Waals surface area (Å²) >= 11 is 5.02. The molecule has 0 aliphatic carbocycles. The number of aldehydes is 1. The van der Waals surface area contributed by atoms with E-state index < -0.39 is 0 Å². The zero-order chi connectivity index (χ0) is 9.26. The van der Waals surface area contributed by atoms with Gasteiger partial charge in [-0.3, -0.25) is 0 Å². The van der Waals surface area contributed by atoms with Crippen LogP contribution in [0, 0.1) is 0 Å². The Bertz CT molecular complexity index is 452. The van der Waals surface area contributed by atoms with Crippen LogP contribution in [0.15, 0.2) is 22.1 Å². The van der Waals surface area contributed by atoms with Crippen molar-refractivity contribution in [3.8, 4) is 0 Å². The van der Waals surface area contributed by atoms with Crippen molar-refractivity contribution < 1.29 is 4.79 Å². The number of thiazole rings is 1. The van der Waals surface area contributed by atoms with Gasteiger partial charge in [-0.1, -0.05) is 15.9 Å². The molecular weight excluding hydrogens is 250 g/mol. The summed E-state index contributed by atoms with van der Waals surface area (Å²) in [5, 5.41) is 0. The van der Waals surface area contributed by atoms with Crippen molar-refractivity contribution in [1.82, 2.24) is 4.98 Å². The maximum absolute atomic E-state index is 10.4. The Morgan fingerprint density at radius 3 is 3.15 bits per heavy atom. The van der Waals surface area contributed by atoms with E-state index in [4.69, 9.17) is 0 Å². The number of carbonyl (C=O) groups excluding carboxylic acids is 1. The van der Waals surface area contributed by atoms with E-state index in [1.807, 2.05) is 17.6 Å². The average molecular weight is 256 g/mol. The summed E-state index contributed by atoms with van der Waals surface area (Å²) in [6.45, 7) is 0. The van der Waals surface area contributed by atoms with Crippen LogP contribution in [0.5, 0.6) is 0 Å². The second-order valence-corrected chi connectivity index (χ2v) is 4.38. The molecule has 0 atom stereocenters. The minimum absolute atomic E-state index is 0.439. The van der Waals surface area contributed by atoms with Crippen molar-refractivity contribution in [2.45, 2.75) is 6.42 Å². The molecule has 2 nitrogen and oxygen atoms in total. The minimum atomic E-state index is 0.439. The normalized spacial score (nSPS) is 10.5. The fraction of sp³-hybridized carbons (Fsp3) is 0.111. The molecule has 2 aromatic rings. The van der Waals surface area contributed by atoms with Gasteiger partial charge in [-0.05, 0) is 17.7 Å². The Hall–Kier alpha value is -0.740. The number of carbonyl (C=O) groups is 1. The summed E-state index contributed by atoms with van der Waals surface area (Å²) in [7, 11) is 0. The van der Waals surface area contributed by atoms with Gasteiger partial charge in [0.25, 0.3) is 0 Å². The van der Waals surface area contributed by atoms with Crippen LogP contribution in [0.25, 0.3) is 10.2 Å². The van der Waals surface area contributed by atoms with Crippen LogP contribution >= 0.6 is 27.3 Å². The van der Waals surface area contributed by atoms with E-state index in [1.54, 1.807) is 11.3 Å². The second-order valence-electron chi connectivity index (χ2n) is 2.63. The third-order valence-corrected chi connectivity index (χ3v) is 3.33. The second kappa shape index (κ2) is 3.55. The molecule has 0 amide bonds. The molecule has 0 fully saturated rings. The molecule has 1 heterocycles. The van der Waals surface area contributed by atoms with Gasteiger partial charge in [0.15, 0.2) is 0 Å². The predicted molar refractivity (Wildman–Crippen MR) is 57.1 cm³/mol. The monoisotopic (exact) mass is 255 g/mol. The lowest BCUT2D eigenvalue weighted by atomic mass is 10.1. The van der Waals surface area contributed by atoms with E-state index in [1.165, 1.54) is 0 Å². The zero-order valence-electron chi connectivity index (χ0n) is 6.66. The maximum Gasteiger partial charge on any atom is 0.124 e. The Labute approximate surface area is 87.7 Å². The van der Waals surface area contributed by atoms with Crippen molar-refractivity contribution in [3.05, 3.63) is 27.7 Å². The predicted octanol–water partition coefficient (Wildman–Crippen LogP) is 2.80. The van der Waals surface area contributed by atoms with Gasteiger partial charge < -0.3 is 4.79 Å². The highest BCUT2D eigenvalue weighted by molar-refractivity contribution is 9.10. The largest absolute Gasteiger partial charge is 0.303 e. The van der Waals surface area contributed by atoms with Crippen molar-refractivity contribution >= 4 is 43.8 Å². The zero-order valence-corrected chi connectivity index (χ0v) is 9.06. The molecule has 4 heteroatoms. The minimum Gasteiger partial charge on any atom is -0.303 e. The summed E-state index contributed by atoms with van der Waals surface area (Å²) in [6.07, 6.45) is 1.34. The van der Waals surface area contributed by atoms with Crippen molar-refractivity contribution in [3.63, 3.8) is 0 Å². The molecule has 0 unspecified atom stereocenters. The topological polar surface area (TPSA) is 30.0 Å². The first-order chi connectivity index (χ1) is 6.31. The average Bonchev–Trinajstić information content (AvgIpc) is 2.52. The number of nitrogens with zero attached hydrogens (tertiary/aromatic N) is 1. The van der Waals surface area contributed by atoms with Gasteiger partial charge in [-0.25, -0.2) is 4.98 Å². The van der Waals surface area contributed by atoms with Crippen LogP contribution in [0.1, 0.15) is 5.56 Å². The molecule has 1 aromatic heterocycles. The fourth-order valence-corrected chi connectivity index (χ4v) is 2.52. The molecule has 1 aromatic carbocycles. The number of hydrogen-bond acceptors (Lipinski definition) is 3. The molecule has 66 valence electrons. The third kappa shape index (κ3) is 1.64. The highest BCUT2D eigenvalue weighted by Gasteiger charge is 2.03. The lowest BCUT2D eigenvalue weighted by Gasteiger charge is -1.98. The summed E-state index contributed by atoms with van der Waals surface area (Å²) in [4.78, 5) is 14.5. The first-order valence-corrected chi connectivity index (χ1v) is 5.44. The number of benzene rings is 1. The molecular formula is C9H6BrNOS. The van der Waals surface area contributed by atoms with Gasteiger partial charge in [-0.2, -0.15) is 0 Å². The first-order valence-electron chi connectivity index (χ1n) is 3.76. The number of hydrogen-bond donors (Lipinski definition) is 0. The molecule has 0 bridgehead atoms. The highest BCUT2D eigenvalue weighted by Crippen LogP contribution is 2.26. The van der Waals surface area contributed by atoms with Gasteiger partial charge in [0, 0.05) is 10.9 Å². The number of rotatable bonds is 2. The van der Waals surface area contributed by atoms with Gasteiger partial charge >= 0.3 is 0 Å². The van der Waals surface area contributed by atoms with E-state index in [2.05, 4.69) is 20.9 Å². The Morgan fingerprint density at radius 2 is 2.38 bits per heavy atom. The van der Waals surface area contributed by atoms with Crippen LogP contribution in [0.2, 0.25) is 0 Å². The van der Waals surface area contributed by atoms with Gasteiger partial charge in [0.05, 0.1) is 15.7 Å². The SMILES string of the molecule is O=CCc1cc2ncsc2cc1Br. The Morgan fingerprint density at radius 1 is 1.54 bits per heavy atom. The number of halogens is 1. The van der Waals surface area contributed by atoms with Gasteiger partial charge in [-0.15, -0.1) is 11.3 Å². The Balaban J connectivity index is 2.62. The summed E-state index contributed by atoms with van der Waals surface area (Å²) in [6, 6.07) is 3.95. The molecule has 0 saturated carbocycles. The van der Waals surface area contributed by atoms with Crippen LogP contribution in [-0.4, -0.2) is 11.3 Å². The van der Waals surface area contributed by atoms with Crippen LogP contribution in [0.4, 0.5) is 0 Å². The molecule has 0 spiro atoms. The van der Waals surface area contributed by atoms with Crippen molar-refractivity contribution in [2.75, 3.05) is 0 Å². The lowest BCUT2D eigenvalue weighted by Crippen LogP contribution is -1.87. The van der Waals surface area contributed by atoms with E-state index in [9.17, 15) is 4.79 Å². The lowest BCUT2D eigenvalue weighted by molar-refractivity contribution is -0.107. The molecule has 13 heavy (non-hydrogen) atoms. The number of aromatic nitrogens is 1. The molecule has 0 aliphatic rings. The smallest absolute Gasteiger partial charge is 0.124 e. The summed E-state index contributed by atoms with van der Waals surface area (Å²) < 4.78 is 2.12. The molecule has 0 saturated heterocycles. The van der Waals surface area contributed by atoms with Crippen LogP contribution in [0.3, 0.4) is 0 Å². The molecule has 0 radical (unpaired) electrons. The van der Waals surface area contributed by atoms with E-state index in [0.717, 1.165) is 26.5 Å². The van der Waals surface area contributed by atoms with Crippen LogP contribution < -0.4 is 0 Å². The fourth-order valence-electron chi connectivity index (χ4n) is 1.17. The molecule has 0 N–H and O–H groups in total. The van der Waals surface area contributed by atoms with Gasteiger partial charge in [0.1, 0.15) is 6.29 Å². The highest BCUT2D eigenvalue weighted by atomic mass is 79.9. The summed E-state index contributed by atoms with van der Waals surface area (Å²) in [5.41, 5.74) is 3.76. The molecule has 2 rings (SSSR count). The summed E-state index contributed by atoms with van der Waals surface area (Å²) in [5.74, 6) is 0. The van der Waals surface area contributed by atoms with Crippen molar-refractivity contribution in [1.29, 1.82) is 0 Å².